The molecular weight excluding hydrogens is 142 g/mol. The fraction of sp³-hybridized carbons (Fsp3) is 0.500. The molecule has 0 bridgehead atoms. The van der Waals surface area contributed by atoms with E-state index >= 15 is 0 Å². The number of hydrogen-bond acceptors (Lipinski definition) is 2. The monoisotopic (exact) mass is 155 g/mol. The lowest BCUT2D eigenvalue weighted by Crippen LogP contribution is -2.19. The van der Waals surface area contributed by atoms with Crippen molar-refractivity contribution in [2.45, 2.75) is 13.3 Å². The molecule has 0 rings (SSSR count). The third kappa shape index (κ3) is 4.31. The van der Waals surface area contributed by atoms with E-state index in [9.17, 15) is 9.59 Å². The normalized spacial score (nSPS) is 10.1. The number of amides is 1. The Kier molecular flexibility index (Phi) is 4.18. The highest BCUT2D eigenvalue weighted by molar-refractivity contribution is 5.97. The van der Waals surface area contributed by atoms with E-state index < -0.39 is 0 Å². The molecule has 0 N–H and O–H groups in total. The summed E-state index contributed by atoms with van der Waals surface area (Å²) in [6.45, 7) is 1.76. The summed E-state index contributed by atoms with van der Waals surface area (Å²) in [6.07, 6.45) is 3.03. The van der Waals surface area contributed by atoms with Crippen LogP contribution in [0.2, 0.25) is 0 Å². The van der Waals surface area contributed by atoms with Crippen molar-refractivity contribution in [3.05, 3.63) is 12.2 Å². The van der Waals surface area contributed by atoms with Crippen LogP contribution < -0.4 is 0 Å². The molecule has 0 saturated carbocycles. The zero-order valence-electron chi connectivity index (χ0n) is 7.13. The molecular formula is C8H13NO2. The summed E-state index contributed by atoms with van der Waals surface area (Å²) in [6, 6.07) is 0. The van der Waals surface area contributed by atoms with Gasteiger partial charge in [0, 0.05) is 26.6 Å². The molecule has 0 aromatic rings. The second-order valence-electron chi connectivity index (χ2n) is 2.39. The first-order valence-corrected chi connectivity index (χ1v) is 3.50. The average molecular weight is 155 g/mol. The van der Waals surface area contributed by atoms with E-state index in [-0.39, 0.29) is 11.7 Å². The van der Waals surface area contributed by atoms with Crippen molar-refractivity contribution >= 4 is 11.7 Å². The molecule has 0 aliphatic heterocycles. The molecule has 0 atom stereocenters. The summed E-state index contributed by atoms with van der Waals surface area (Å²) >= 11 is 0. The first kappa shape index (κ1) is 9.88. The second-order valence-corrected chi connectivity index (χ2v) is 2.39. The second kappa shape index (κ2) is 4.66. The third-order valence-corrected chi connectivity index (χ3v) is 1.20. The predicted molar refractivity (Wildman–Crippen MR) is 43.1 cm³/mol. The standard InChI is InChI=1S/C8H13NO2/c1-4-7(10)5-6-8(11)9(2)3/h5-6H,4H2,1-3H3/b6-5+. The Bertz CT molecular complexity index is 183. The molecule has 0 spiro atoms. The van der Waals surface area contributed by atoms with Gasteiger partial charge in [-0.2, -0.15) is 0 Å². The van der Waals surface area contributed by atoms with Gasteiger partial charge in [-0.25, -0.2) is 0 Å². The van der Waals surface area contributed by atoms with Gasteiger partial charge in [0.15, 0.2) is 5.78 Å². The zero-order valence-corrected chi connectivity index (χ0v) is 7.13. The lowest BCUT2D eigenvalue weighted by molar-refractivity contribution is -0.124. The molecule has 11 heavy (non-hydrogen) atoms. The highest BCUT2D eigenvalue weighted by Gasteiger charge is 1.97. The van der Waals surface area contributed by atoms with E-state index in [0.717, 1.165) is 0 Å². The molecule has 0 saturated heterocycles. The van der Waals surface area contributed by atoms with Crippen LogP contribution in [0, 0.1) is 0 Å². The molecule has 0 fully saturated rings. The van der Waals surface area contributed by atoms with Crippen molar-refractivity contribution in [2.75, 3.05) is 14.1 Å². The van der Waals surface area contributed by atoms with Gasteiger partial charge in [-0.3, -0.25) is 9.59 Å². The maximum absolute atomic E-state index is 10.9. The number of rotatable bonds is 3. The molecule has 1 amide bonds. The summed E-state index contributed by atoms with van der Waals surface area (Å²) in [5, 5.41) is 0. The van der Waals surface area contributed by atoms with Crippen LogP contribution in [-0.2, 0) is 9.59 Å². The number of carbonyl (C=O) groups is 2. The van der Waals surface area contributed by atoms with Crippen LogP contribution in [0.5, 0.6) is 0 Å². The van der Waals surface area contributed by atoms with Crippen LogP contribution in [-0.4, -0.2) is 30.7 Å². The van der Waals surface area contributed by atoms with Crippen LogP contribution in [0.1, 0.15) is 13.3 Å². The van der Waals surface area contributed by atoms with Crippen LogP contribution in [0.25, 0.3) is 0 Å². The SMILES string of the molecule is CCC(=O)/C=C/C(=O)N(C)C. The smallest absolute Gasteiger partial charge is 0.246 e. The average Bonchev–Trinajstić information content (AvgIpc) is 1.99. The Morgan fingerprint density at radius 1 is 1.27 bits per heavy atom. The molecule has 0 aliphatic carbocycles. The maximum atomic E-state index is 10.9. The Balaban J connectivity index is 3.93. The van der Waals surface area contributed by atoms with E-state index in [4.69, 9.17) is 0 Å². The number of carbonyl (C=O) groups excluding carboxylic acids is 2. The van der Waals surface area contributed by atoms with Gasteiger partial charge in [-0.1, -0.05) is 6.92 Å². The fourth-order valence-corrected chi connectivity index (χ4v) is 0.431. The minimum atomic E-state index is -0.160. The first-order valence-electron chi connectivity index (χ1n) is 3.50. The van der Waals surface area contributed by atoms with Gasteiger partial charge < -0.3 is 4.90 Å². The Labute approximate surface area is 66.7 Å². The summed E-state index contributed by atoms with van der Waals surface area (Å²) in [5.41, 5.74) is 0. The molecule has 3 nitrogen and oxygen atoms in total. The van der Waals surface area contributed by atoms with Gasteiger partial charge in [-0.05, 0) is 6.08 Å². The Hall–Kier alpha value is -1.12. The molecule has 0 radical (unpaired) electrons. The Morgan fingerprint density at radius 2 is 1.82 bits per heavy atom. The van der Waals surface area contributed by atoms with Crippen molar-refractivity contribution in [1.82, 2.24) is 4.90 Å². The summed E-state index contributed by atoms with van der Waals surface area (Å²) in [5.74, 6) is -0.188. The van der Waals surface area contributed by atoms with Crippen LogP contribution in [0.3, 0.4) is 0 Å². The van der Waals surface area contributed by atoms with Gasteiger partial charge in [0.25, 0.3) is 0 Å². The summed E-state index contributed by atoms with van der Waals surface area (Å²) < 4.78 is 0. The van der Waals surface area contributed by atoms with Gasteiger partial charge in [-0.15, -0.1) is 0 Å². The maximum Gasteiger partial charge on any atom is 0.246 e. The fourth-order valence-electron chi connectivity index (χ4n) is 0.431. The van der Waals surface area contributed by atoms with Gasteiger partial charge in [0.2, 0.25) is 5.91 Å². The quantitative estimate of drug-likeness (QED) is 0.560. The highest BCUT2D eigenvalue weighted by atomic mass is 16.2. The number of hydrogen-bond donors (Lipinski definition) is 0. The molecule has 3 heteroatoms. The van der Waals surface area contributed by atoms with E-state index in [1.165, 1.54) is 17.1 Å². The van der Waals surface area contributed by atoms with E-state index in [1.54, 1.807) is 21.0 Å². The molecule has 0 aromatic carbocycles. The Morgan fingerprint density at radius 3 is 2.18 bits per heavy atom. The molecule has 0 aromatic heterocycles. The van der Waals surface area contributed by atoms with Crippen molar-refractivity contribution in [3.63, 3.8) is 0 Å². The lowest BCUT2D eigenvalue weighted by Gasteiger charge is -2.04. The van der Waals surface area contributed by atoms with Crippen molar-refractivity contribution < 1.29 is 9.59 Å². The lowest BCUT2D eigenvalue weighted by atomic mass is 10.3. The zero-order chi connectivity index (χ0) is 8.85. The topological polar surface area (TPSA) is 37.4 Å². The highest BCUT2D eigenvalue weighted by Crippen LogP contribution is 1.86. The van der Waals surface area contributed by atoms with Gasteiger partial charge >= 0.3 is 0 Å². The number of likely N-dealkylation sites (N-methyl/N-ethyl adjacent to an activating group) is 1. The molecule has 0 unspecified atom stereocenters. The van der Waals surface area contributed by atoms with E-state index in [2.05, 4.69) is 0 Å². The van der Waals surface area contributed by atoms with Crippen molar-refractivity contribution in [2.24, 2.45) is 0 Å². The van der Waals surface area contributed by atoms with Gasteiger partial charge in [0.05, 0.1) is 0 Å². The van der Waals surface area contributed by atoms with E-state index in [0.29, 0.717) is 6.42 Å². The minimum absolute atomic E-state index is 0.0276. The number of allylic oxidation sites excluding steroid dienone is 1. The predicted octanol–water partition coefficient (Wildman–Crippen LogP) is 0.610. The van der Waals surface area contributed by atoms with Crippen molar-refractivity contribution in [1.29, 1.82) is 0 Å². The van der Waals surface area contributed by atoms with Gasteiger partial charge in [0.1, 0.15) is 0 Å². The number of nitrogens with zero attached hydrogens (tertiary/aromatic N) is 1. The molecule has 62 valence electrons. The summed E-state index contributed by atoms with van der Waals surface area (Å²) in [4.78, 5) is 22.9. The first-order chi connectivity index (χ1) is 5.07. The van der Waals surface area contributed by atoms with Crippen LogP contribution >= 0.6 is 0 Å². The number of ketones is 1. The minimum Gasteiger partial charge on any atom is -0.345 e. The molecule has 0 aliphatic rings. The van der Waals surface area contributed by atoms with Crippen LogP contribution in [0.4, 0.5) is 0 Å². The third-order valence-electron chi connectivity index (χ3n) is 1.20. The van der Waals surface area contributed by atoms with E-state index in [1.807, 2.05) is 0 Å². The largest absolute Gasteiger partial charge is 0.345 e. The summed E-state index contributed by atoms with van der Waals surface area (Å²) in [7, 11) is 3.28. The van der Waals surface area contributed by atoms with Crippen molar-refractivity contribution in [3.8, 4) is 0 Å². The molecule has 0 heterocycles. The van der Waals surface area contributed by atoms with Crippen LogP contribution in [0.15, 0.2) is 12.2 Å².